The second kappa shape index (κ2) is 4.92. The maximum Gasteiger partial charge on any atom is 0.240 e. The van der Waals surface area contributed by atoms with E-state index in [2.05, 4.69) is 15.2 Å². The summed E-state index contributed by atoms with van der Waals surface area (Å²) in [5.74, 6) is 0. The molecule has 2 N–H and O–H groups in total. The van der Waals surface area contributed by atoms with Gasteiger partial charge in [-0.25, -0.2) is 13.1 Å². The summed E-state index contributed by atoms with van der Waals surface area (Å²) in [7, 11) is -3.48. The van der Waals surface area contributed by atoms with Gasteiger partial charge < -0.3 is 9.84 Å². The average Bonchev–Trinajstić information content (AvgIpc) is 2.86. The third-order valence-electron chi connectivity index (χ3n) is 3.30. The average molecular weight is 281 g/mol. The number of nitrogens with one attached hydrogen (secondary N) is 2. The van der Waals surface area contributed by atoms with Crippen molar-refractivity contribution in [1.29, 1.82) is 0 Å². The van der Waals surface area contributed by atoms with Gasteiger partial charge >= 0.3 is 0 Å². The second-order valence-corrected chi connectivity index (χ2v) is 6.38. The Morgan fingerprint density at radius 3 is 2.89 bits per heavy atom. The third-order valence-corrected chi connectivity index (χ3v) is 4.81. The lowest BCUT2D eigenvalue weighted by atomic mass is 10.1. The molecule has 0 spiro atoms. The van der Waals surface area contributed by atoms with Crippen LogP contribution in [0.5, 0.6) is 0 Å². The highest BCUT2D eigenvalue weighted by atomic mass is 32.2. The fourth-order valence-corrected chi connectivity index (χ4v) is 3.58. The normalized spacial score (nSPS) is 17.9. The number of hydrogen-bond acceptors (Lipinski definition) is 5. The van der Waals surface area contributed by atoms with Crippen molar-refractivity contribution in [1.82, 2.24) is 15.2 Å². The third kappa shape index (κ3) is 2.63. The smallest absolute Gasteiger partial charge is 0.240 e. The molecule has 0 saturated carbocycles. The highest BCUT2D eigenvalue weighted by Gasteiger charge is 2.22. The Morgan fingerprint density at radius 1 is 1.32 bits per heavy atom. The molecule has 1 aliphatic rings. The lowest BCUT2D eigenvalue weighted by Gasteiger charge is -2.23. The van der Waals surface area contributed by atoms with Crippen LogP contribution in [0.25, 0.3) is 11.0 Å². The molecule has 2 aromatic rings. The summed E-state index contributed by atoms with van der Waals surface area (Å²) >= 11 is 0. The van der Waals surface area contributed by atoms with E-state index in [-0.39, 0.29) is 10.9 Å². The van der Waals surface area contributed by atoms with E-state index in [1.54, 1.807) is 12.1 Å². The number of rotatable bonds is 3. The van der Waals surface area contributed by atoms with Gasteiger partial charge in [0.25, 0.3) is 0 Å². The molecule has 1 saturated heterocycles. The Bertz CT molecular complexity index is 674. The Balaban J connectivity index is 1.85. The summed E-state index contributed by atoms with van der Waals surface area (Å²) in [5.41, 5.74) is 0.584. The van der Waals surface area contributed by atoms with Gasteiger partial charge in [0.05, 0.1) is 11.1 Å². The number of aromatic nitrogens is 1. The van der Waals surface area contributed by atoms with Crippen molar-refractivity contribution in [3.05, 3.63) is 24.4 Å². The molecule has 0 unspecified atom stereocenters. The van der Waals surface area contributed by atoms with Gasteiger partial charge in [-0.05, 0) is 44.1 Å². The Hall–Kier alpha value is -1.44. The summed E-state index contributed by atoms with van der Waals surface area (Å²) in [6.45, 7) is 1.69. The van der Waals surface area contributed by atoms with E-state index in [0.717, 1.165) is 25.9 Å². The zero-order chi connectivity index (χ0) is 13.3. The highest BCUT2D eigenvalue weighted by molar-refractivity contribution is 7.89. The molecule has 6 nitrogen and oxygen atoms in total. The molecule has 0 radical (unpaired) electrons. The molecule has 102 valence electrons. The predicted molar refractivity (Wildman–Crippen MR) is 70.2 cm³/mol. The molecule has 0 atom stereocenters. The molecule has 0 aliphatic carbocycles. The number of nitrogens with zero attached hydrogens (tertiary/aromatic N) is 1. The number of piperidine rings is 1. The van der Waals surface area contributed by atoms with Crippen LogP contribution in [0.4, 0.5) is 0 Å². The minimum absolute atomic E-state index is 0.00409. The Labute approximate surface area is 111 Å². The quantitative estimate of drug-likeness (QED) is 0.871. The molecule has 0 bridgehead atoms. The first-order chi connectivity index (χ1) is 9.15. The van der Waals surface area contributed by atoms with Crippen LogP contribution >= 0.6 is 0 Å². The van der Waals surface area contributed by atoms with Gasteiger partial charge in [0.1, 0.15) is 0 Å². The van der Waals surface area contributed by atoms with Crippen LogP contribution in [-0.4, -0.2) is 32.7 Å². The van der Waals surface area contributed by atoms with Crippen LogP contribution < -0.4 is 10.0 Å². The van der Waals surface area contributed by atoms with E-state index in [1.807, 2.05) is 0 Å². The van der Waals surface area contributed by atoms with Gasteiger partial charge in [0.15, 0.2) is 5.58 Å². The van der Waals surface area contributed by atoms with E-state index in [9.17, 15) is 8.42 Å². The number of benzene rings is 1. The largest absolute Gasteiger partial charge is 0.356 e. The first-order valence-corrected chi connectivity index (χ1v) is 7.71. The first kappa shape index (κ1) is 12.6. The summed E-state index contributed by atoms with van der Waals surface area (Å²) in [4.78, 5) is 0.252. The molecule has 2 heterocycles. The van der Waals surface area contributed by atoms with Crippen LogP contribution in [0.1, 0.15) is 12.8 Å². The number of hydrogen-bond donors (Lipinski definition) is 2. The lowest BCUT2D eigenvalue weighted by Crippen LogP contribution is -2.42. The number of sulfonamides is 1. The van der Waals surface area contributed by atoms with E-state index in [4.69, 9.17) is 4.52 Å². The standard InChI is InChI=1S/C12H15N3O3S/c16-19(17,15-10-3-5-13-6-4-10)11-1-2-12-9(7-11)8-14-18-12/h1-2,7-8,10,13,15H,3-6H2. The maximum absolute atomic E-state index is 12.3. The van der Waals surface area contributed by atoms with Crippen molar-refractivity contribution < 1.29 is 12.9 Å². The molecule has 19 heavy (non-hydrogen) atoms. The molecule has 0 amide bonds. The molecule has 7 heteroatoms. The lowest BCUT2D eigenvalue weighted by molar-refractivity contribution is 0.427. The van der Waals surface area contributed by atoms with E-state index in [1.165, 1.54) is 12.3 Å². The molecule has 1 fully saturated rings. The fraction of sp³-hybridized carbons (Fsp3) is 0.417. The van der Waals surface area contributed by atoms with Gasteiger partial charge in [0.2, 0.25) is 10.0 Å². The monoisotopic (exact) mass is 281 g/mol. The molecular weight excluding hydrogens is 266 g/mol. The Kier molecular flexibility index (Phi) is 3.26. The van der Waals surface area contributed by atoms with E-state index < -0.39 is 10.0 Å². The van der Waals surface area contributed by atoms with Crippen molar-refractivity contribution >= 4 is 21.0 Å². The van der Waals surface area contributed by atoms with Crippen molar-refractivity contribution in [3.63, 3.8) is 0 Å². The van der Waals surface area contributed by atoms with E-state index >= 15 is 0 Å². The van der Waals surface area contributed by atoms with Gasteiger partial charge in [-0.2, -0.15) is 0 Å². The summed E-state index contributed by atoms with van der Waals surface area (Å²) in [5, 5.41) is 7.54. The summed E-state index contributed by atoms with van der Waals surface area (Å²) < 4.78 is 32.3. The molecule has 1 aromatic carbocycles. The highest BCUT2D eigenvalue weighted by Crippen LogP contribution is 2.19. The topological polar surface area (TPSA) is 84.2 Å². The van der Waals surface area contributed by atoms with Crippen molar-refractivity contribution in [2.45, 2.75) is 23.8 Å². The van der Waals surface area contributed by atoms with Crippen molar-refractivity contribution in [2.75, 3.05) is 13.1 Å². The first-order valence-electron chi connectivity index (χ1n) is 6.23. The number of fused-ring (bicyclic) bond motifs is 1. The van der Waals surface area contributed by atoms with Gasteiger partial charge in [0, 0.05) is 11.4 Å². The van der Waals surface area contributed by atoms with Gasteiger partial charge in [-0.1, -0.05) is 5.16 Å². The van der Waals surface area contributed by atoms with Gasteiger partial charge in [-0.15, -0.1) is 0 Å². The van der Waals surface area contributed by atoms with Crippen LogP contribution in [0.15, 0.2) is 33.8 Å². The summed E-state index contributed by atoms with van der Waals surface area (Å²) in [6, 6.07) is 4.75. The van der Waals surface area contributed by atoms with Crippen LogP contribution in [-0.2, 0) is 10.0 Å². The molecule has 1 aromatic heterocycles. The van der Waals surface area contributed by atoms with Crippen molar-refractivity contribution in [2.24, 2.45) is 0 Å². The fourth-order valence-electron chi connectivity index (χ4n) is 2.24. The van der Waals surface area contributed by atoms with Gasteiger partial charge in [-0.3, -0.25) is 0 Å². The minimum atomic E-state index is -3.48. The minimum Gasteiger partial charge on any atom is -0.356 e. The molecular formula is C12H15N3O3S. The Morgan fingerprint density at radius 2 is 2.11 bits per heavy atom. The zero-order valence-electron chi connectivity index (χ0n) is 10.3. The second-order valence-electron chi connectivity index (χ2n) is 4.67. The van der Waals surface area contributed by atoms with Crippen molar-refractivity contribution in [3.8, 4) is 0 Å². The SMILES string of the molecule is O=S(=O)(NC1CCNCC1)c1ccc2oncc2c1. The zero-order valence-corrected chi connectivity index (χ0v) is 11.1. The molecule has 1 aliphatic heterocycles. The van der Waals surface area contributed by atoms with Crippen LogP contribution in [0.2, 0.25) is 0 Å². The predicted octanol–water partition coefficient (Wildman–Crippen LogP) is 0.858. The van der Waals surface area contributed by atoms with E-state index in [0.29, 0.717) is 11.0 Å². The maximum atomic E-state index is 12.3. The molecule has 3 rings (SSSR count). The summed E-state index contributed by atoms with van der Waals surface area (Å²) in [6.07, 6.45) is 3.14. The van der Waals surface area contributed by atoms with Crippen LogP contribution in [0, 0.1) is 0 Å². The van der Waals surface area contributed by atoms with Crippen LogP contribution in [0.3, 0.4) is 0 Å².